The number of aromatic nitrogens is 6. The lowest BCUT2D eigenvalue weighted by atomic mass is 9.97. The van der Waals surface area contributed by atoms with Gasteiger partial charge >= 0.3 is 0 Å². The van der Waals surface area contributed by atoms with Crippen LogP contribution in [0, 0.1) is 6.92 Å². The number of hydrogen-bond acceptors (Lipinski definition) is 6. The van der Waals surface area contributed by atoms with Crippen LogP contribution in [0.3, 0.4) is 0 Å². The van der Waals surface area contributed by atoms with Crippen molar-refractivity contribution in [1.82, 2.24) is 29.7 Å². The van der Waals surface area contributed by atoms with Gasteiger partial charge in [-0.25, -0.2) is 9.97 Å². The second kappa shape index (κ2) is 6.72. The molecule has 1 fully saturated rings. The van der Waals surface area contributed by atoms with E-state index >= 15 is 0 Å². The van der Waals surface area contributed by atoms with Crippen LogP contribution >= 0.6 is 0 Å². The van der Waals surface area contributed by atoms with Gasteiger partial charge in [0.1, 0.15) is 17.5 Å². The van der Waals surface area contributed by atoms with E-state index in [4.69, 9.17) is 4.98 Å². The standard InChI is InChI=1S/C20H23N7/c1-14-11-18(23-19(22-14)15-5-2-8-21-12-15)26-9-3-6-16(13-26)20-25-24-17-7-4-10-27(17)20/h2,5,8,11-12,16H,3-4,6-7,9-10,13H2,1H3. The van der Waals surface area contributed by atoms with Crippen LogP contribution in [-0.4, -0.2) is 42.8 Å². The Morgan fingerprint density at radius 1 is 1.11 bits per heavy atom. The van der Waals surface area contributed by atoms with Gasteiger partial charge in [-0.2, -0.15) is 0 Å². The van der Waals surface area contributed by atoms with Crippen LogP contribution in [0.5, 0.6) is 0 Å². The molecule has 0 N–H and O–H groups in total. The molecule has 1 unspecified atom stereocenters. The SMILES string of the molecule is Cc1cc(N2CCCC(c3nnc4n3CCC4)C2)nc(-c2cccnc2)n1. The quantitative estimate of drug-likeness (QED) is 0.714. The summed E-state index contributed by atoms with van der Waals surface area (Å²) in [5.74, 6) is 4.45. The van der Waals surface area contributed by atoms with E-state index in [1.165, 1.54) is 6.42 Å². The second-order valence-electron chi connectivity index (χ2n) is 7.45. The lowest BCUT2D eigenvalue weighted by Crippen LogP contribution is -2.36. The van der Waals surface area contributed by atoms with Crippen molar-refractivity contribution in [2.24, 2.45) is 0 Å². The van der Waals surface area contributed by atoms with E-state index in [-0.39, 0.29) is 0 Å². The second-order valence-corrected chi connectivity index (χ2v) is 7.45. The maximum atomic E-state index is 4.85. The van der Waals surface area contributed by atoms with Crippen molar-refractivity contribution in [2.75, 3.05) is 18.0 Å². The van der Waals surface area contributed by atoms with E-state index in [1.54, 1.807) is 6.20 Å². The maximum absolute atomic E-state index is 4.85. The number of piperidine rings is 1. The monoisotopic (exact) mass is 361 g/mol. The summed E-state index contributed by atoms with van der Waals surface area (Å²) in [5, 5.41) is 8.92. The molecule has 3 aromatic rings. The average Bonchev–Trinajstić information content (AvgIpc) is 3.32. The molecule has 0 saturated carbocycles. The van der Waals surface area contributed by atoms with Gasteiger partial charge in [-0.15, -0.1) is 10.2 Å². The predicted molar refractivity (Wildman–Crippen MR) is 103 cm³/mol. The first-order valence-electron chi connectivity index (χ1n) is 9.71. The molecule has 5 heterocycles. The van der Waals surface area contributed by atoms with Gasteiger partial charge in [-0.3, -0.25) is 4.98 Å². The molecule has 5 rings (SSSR count). The molecular formula is C20H23N7. The third kappa shape index (κ3) is 3.07. The molecule has 2 aliphatic heterocycles. The van der Waals surface area contributed by atoms with Gasteiger partial charge in [-0.1, -0.05) is 0 Å². The third-order valence-electron chi connectivity index (χ3n) is 5.51. The molecule has 0 amide bonds. The van der Waals surface area contributed by atoms with Gasteiger partial charge in [0.2, 0.25) is 0 Å². The molecule has 0 radical (unpaired) electrons. The van der Waals surface area contributed by atoms with Crippen molar-refractivity contribution in [3.05, 3.63) is 47.9 Å². The molecule has 1 atom stereocenters. The van der Waals surface area contributed by atoms with Crippen LogP contribution in [0.1, 0.15) is 42.5 Å². The fraction of sp³-hybridized carbons (Fsp3) is 0.450. The molecule has 2 aliphatic rings. The van der Waals surface area contributed by atoms with E-state index in [0.29, 0.717) is 5.92 Å². The molecule has 3 aromatic heterocycles. The minimum absolute atomic E-state index is 0.412. The lowest BCUT2D eigenvalue weighted by molar-refractivity contribution is 0.471. The highest BCUT2D eigenvalue weighted by molar-refractivity contribution is 5.57. The van der Waals surface area contributed by atoms with Crippen molar-refractivity contribution in [3.8, 4) is 11.4 Å². The largest absolute Gasteiger partial charge is 0.356 e. The molecular weight excluding hydrogens is 338 g/mol. The van der Waals surface area contributed by atoms with E-state index in [2.05, 4.69) is 35.7 Å². The number of rotatable bonds is 3. The van der Waals surface area contributed by atoms with Crippen molar-refractivity contribution in [2.45, 2.75) is 45.1 Å². The molecule has 0 aliphatic carbocycles. The first-order chi connectivity index (χ1) is 13.3. The van der Waals surface area contributed by atoms with Crippen LogP contribution in [0.4, 0.5) is 5.82 Å². The zero-order valence-electron chi connectivity index (χ0n) is 15.5. The average molecular weight is 361 g/mol. The number of pyridine rings is 1. The molecule has 7 nitrogen and oxygen atoms in total. The Bertz CT molecular complexity index is 950. The van der Waals surface area contributed by atoms with Crippen LogP contribution in [0.25, 0.3) is 11.4 Å². The van der Waals surface area contributed by atoms with Crippen molar-refractivity contribution < 1.29 is 0 Å². The lowest BCUT2D eigenvalue weighted by Gasteiger charge is -2.33. The first kappa shape index (κ1) is 16.4. The van der Waals surface area contributed by atoms with E-state index in [0.717, 1.165) is 73.4 Å². The zero-order valence-corrected chi connectivity index (χ0v) is 15.5. The highest BCUT2D eigenvalue weighted by Crippen LogP contribution is 2.31. The Balaban J connectivity index is 1.43. The van der Waals surface area contributed by atoms with Crippen LogP contribution in [-0.2, 0) is 13.0 Å². The number of fused-ring (bicyclic) bond motifs is 1. The Labute approximate surface area is 158 Å². The first-order valence-corrected chi connectivity index (χ1v) is 9.71. The van der Waals surface area contributed by atoms with Gasteiger partial charge < -0.3 is 9.47 Å². The van der Waals surface area contributed by atoms with Crippen molar-refractivity contribution in [1.29, 1.82) is 0 Å². The number of hydrogen-bond donors (Lipinski definition) is 0. The number of aryl methyl sites for hydroxylation is 2. The molecule has 27 heavy (non-hydrogen) atoms. The maximum Gasteiger partial charge on any atom is 0.163 e. The van der Waals surface area contributed by atoms with Gasteiger partial charge in [0.15, 0.2) is 5.82 Å². The van der Waals surface area contributed by atoms with Crippen molar-refractivity contribution in [3.63, 3.8) is 0 Å². The van der Waals surface area contributed by atoms with Gasteiger partial charge in [0.05, 0.1) is 0 Å². The predicted octanol–water partition coefficient (Wildman–Crippen LogP) is 2.77. The highest BCUT2D eigenvalue weighted by Gasteiger charge is 2.29. The molecule has 0 spiro atoms. The smallest absolute Gasteiger partial charge is 0.163 e. The fourth-order valence-electron chi connectivity index (χ4n) is 4.21. The Kier molecular flexibility index (Phi) is 4.07. The molecule has 0 bridgehead atoms. The van der Waals surface area contributed by atoms with E-state index in [9.17, 15) is 0 Å². The third-order valence-corrected chi connectivity index (χ3v) is 5.51. The summed E-state index contributed by atoms with van der Waals surface area (Å²) in [5.41, 5.74) is 1.93. The highest BCUT2D eigenvalue weighted by atomic mass is 15.3. The van der Waals surface area contributed by atoms with Gasteiger partial charge in [0.25, 0.3) is 0 Å². The summed E-state index contributed by atoms with van der Waals surface area (Å²) in [6, 6.07) is 6.00. The summed E-state index contributed by atoms with van der Waals surface area (Å²) in [4.78, 5) is 16.0. The fourth-order valence-corrected chi connectivity index (χ4v) is 4.21. The topological polar surface area (TPSA) is 72.6 Å². The van der Waals surface area contributed by atoms with Crippen molar-refractivity contribution >= 4 is 5.82 Å². The van der Waals surface area contributed by atoms with E-state index in [1.807, 2.05) is 25.3 Å². The summed E-state index contributed by atoms with van der Waals surface area (Å²) >= 11 is 0. The normalized spacial score (nSPS) is 19.3. The number of nitrogens with zero attached hydrogens (tertiary/aromatic N) is 7. The van der Waals surface area contributed by atoms with Gasteiger partial charge in [0, 0.05) is 61.7 Å². The molecule has 7 heteroatoms. The van der Waals surface area contributed by atoms with E-state index < -0.39 is 0 Å². The molecule has 1 saturated heterocycles. The summed E-state index contributed by atoms with van der Waals surface area (Å²) in [6.45, 7) is 5.03. The zero-order chi connectivity index (χ0) is 18.2. The minimum Gasteiger partial charge on any atom is -0.356 e. The van der Waals surface area contributed by atoms with Crippen LogP contribution in [0.15, 0.2) is 30.6 Å². The molecule has 138 valence electrons. The Morgan fingerprint density at radius 2 is 2.07 bits per heavy atom. The Morgan fingerprint density at radius 3 is 2.96 bits per heavy atom. The summed E-state index contributed by atoms with van der Waals surface area (Å²) in [6.07, 6.45) is 8.13. The number of anilines is 1. The van der Waals surface area contributed by atoms with Gasteiger partial charge in [-0.05, 0) is 38.3 Å². The molecule has 0 aromatic carbocycles. The summed E-state index contributed by atoms with van der Waals surface area (Å²) < 4.78 is 2.33. The Hall–Kier alpha value is -2.83. The minimum atomic E-state index is 0.412. The van der Waals surface area contributed by atoms with Crippen LogP contribution < -0.4 is 4.90 Å². The van der Waals surface area contributed by atoms with Crippen LogP contribution in [0.2, 0.25) is 0 Å². The summed E-state index contributed by atoms with van der Waals surface area (Å²) in [7, 11) is 0.